The third kappa shape index (κ3) is 8.22. The number of thiocarbonyl (C=S) groups is 1. The predicted molar refractivity (Wildman–Crippen MR) is 225 cm³/mol. The fourth-order valence-electron chi connectivity index (χ4n) is 9.69. The number of carbonyl (C=O) groups excluding carboxylic acids is 4. The van der Waals surface area contributed by atoms with E-state index < -0.39 is 36.1 Å². The van der Waals surface area contributed by atoms with E-state index in [1.807, 2.05) is 12.3 Å². The molecule has 322 valence electrons. The van der Waals surface area contributed by atoms with E-state index in [-0.39, 0.29) is 52.4 Å². The Balaban J connectivity index is 0.767. The van der Waals surface area contributed by atoms with E-state index in [0.29, 0.717) is 42.1 Å². The number of morpholine rings is 1. The molecule has 3 aliphatic heterocycles. The molecule has 6 heterocycles. The first kappa shape index (κ1) is 41.0. The van der Waals surface area contributed by atoms with Crippen LogP contribution in [0.5, 0.6) is 0 Å². The van der Waals surface area contributed by atoms with Crippen molar-refractivity contribution in [2.45, 2.75) is 94.8 Å². The summed E-state index contributed by atoms with van der Waals surface area (Å²) in [4.78, 5) is 61.7. The summed E-state index contributed by atoms with van der Waals surface area (Å²) in [5.41, 5.74) is 2.06. The first-order valence-corrected chi connectivity index (χ1v) is 21.6. The van der Waals surface area contributed by atoms with Crippen molar-refractivity contribution in [1.82, 2.24) is 39.5 Å². The SMILES string of the molecule is CN(CC1CCC(n2cc(NC(=S)c3cnn4ccc(N5CCOCC5)nc34)c(C(F)F)n2)CC1)C1CCC(Nc2cccc3c2C(=O)N(C2CCC(=O)NC2=O)C3=O)CC1. The number of amides is 4. The van der Waals surface area contributed by atoms with Gasteiger partial charge >= 0.3 is 0 Å². The summed E-state index contributed by atoms with van der Waals surface area (Å²) >= 11 is 5.72. The van der Waals surface area contributed by atoms with Gasteiger partial charge in [0.25, 0.3) is 18.2 Å². The lowest BCUT2D eigenvalue weighted by atomic mass is 9.84. The maximum absolute atomic E-state index is 14.3. The van der Waals surface area contributed by atoms with Crippen molar-refractivity contribution in [3.05, 3.63) is 65.2 Å². The number of piperidine rings is 1. The maximum atomic E-state index is 14.3. The molecule has 3 N–H and O–H groups in total. The van der Waals surface area contributed by atoms with Crippen molar-refractivity contribution in [3.8, 4) is 0 Å². The first-order valence-electron chi connectivity index (χ1n) is 21.2. The Kier molecular flexibility index (Phi) is 11.5. The first-order chi connectivity index (χ1) is 29.5. The van der Waals surface area contributed by atoms with Crippen LogP contribution in [0.25, 0.3) is 5.65 Å². The van der Waals surface area contributed by atoms with Crippen LogP contribution in [0.3, 0.4) is 0 Å². The fraction of sp³-hybridized carbons (Fsp3) is 0.524. The molecule has 3 aromatic heterocycles. The van der Waals surface area contributed by atoms with Crippen molar-refractivity contribution < 1.29 is 32.7 Å². The lowest BCUT2D eigenvalue weighted by Crippen LogP contribution is -2.54. The number of hydrogen-bond acceptors (Lipinski definition) is 12. The van der Waals surface area contributed by atoms with Crippen LogP contribution in [0, 0.1) is 5.92 Å². The Hall–Kier alpha value is -5.40. The summed E-state index contributed by atoms with van der Waals surface area (Å²) in [6, 6.07) is 6.55. The van der Waals surface area contributed by atoms with Gasteiger partial charge < -0.3 is 25.2 Å². The summed E-state index contributed by atoms with van der Waals surface area (Å²) in [6.07, 6.45) is 9.74. The minimum Gasteiger partial charge on any atom is -0.382 e. The van der Waals surface area contributed by atoms with Gasteiger partial charge in [-0.25, -0.2) is 18.3 Å². The average Bonchev–Trinajstić information content (AvgIpc) is 3.96. The topological polar surface area (TPSA) is 171 Å². The zero-order valence-electron chi connectivity index (χ0n) is 33.9. The molecular formula is C42H49F2N11O5S. The van der Waals surface area contributed by atoms with E-state index in [2.05, 4.69) is 43.0 Å². The van der Waals surface area contributed by atoms with E-state index in [1.54, 1.807) is 39.8 Å². The fourth-order valence-corrected chi connectivity index (χ4v) is 9.95. The Morgan fingerprint density at radius 1 is 0.984 bits per heavy atom. The van der Waals surface area contributed by atoms with Crippen molar-refractivity contribution in [2.24, 2.45) is 5.92 Å². The molecule has 0 bridgehead atoms. The minimum atomic E-state index is -2.78. The lowest BCUT2D eigenvalue weighted by molar-refractivity contribution is -0.136. The molecule has 4 aromatic rings. The van der Waals surface area contributed by atoms with Gasteiger partial charge in [0, 0.05) is 56.2 Å². The van der Waals surface area contributed by atoms with Crippen LogP contribution in [0.15, 0.2) is 42.9 Å². The maximum Gasteiger partial charge on any atom is 0.284 e. The number of halogens is 2. The van der Waals surface area contributed by atoms with Crippen molar-refractivity contribution in [2.75, 3.05) is 55.4 Å². The van der Waals surface area contributed by atoms with E-state index in [1.165, 1.54) is 0 Å². The van der Waals surface area contributed by atoms with Crippen LogP contribution in [0.1, 0.15) is 109 Å². The third-order valence-corrected chi connectivity index (χ3v) is 13.4. The van der Waals surface area contributed by atoms with E-state index in [9.17, 15) is 28.0 Å². The molecule has 19 heteroatoms. The second-order valence-electron chi connectivity index (χ2n) is 16.8. The Morgan fingerprint density at radius 2 is 1.75 bits per heavy atom. The molecule has 0 radical (unpaired) electrons. The van der Waals surface area contributed by atoms with E-state index in [4.69, 9.17) is 21.9 Å². The highest BCUT2D eigenvalue weighted by Gasteiger charge is 2.46. The van der Waals surface area contributed by atoms with E-state index >= 15 is 0 Å². The quantitative estimate of drug-likeness (QED) is 0.137. The largest absolute Gasteiger partial charge is 0.382 e. The second-order valence-corrected chi connectivity index (χ2v) is 17.2. The number of anilines is 3. The van der Waals surface area contributed by atoms with Gasteiger partial charge in [0.05, 0.1) is 47.8 Å². The van der Waals surface area contributed by atoms with Gasteiger partial charge in [0.2, 0.25) is 11.8 Å². The Bertz CT molecular complexity index is 2350. The van der Waals surface area contributed by atoms with Crippen LogP contribution >= 0.6 is 12.2 Å². The Morgan fingerprint density at radius 3 is 2.49 bits per heavy atom. The van der Waals surface area contributed by atoms with Gasteiger partial charge in [-0.05, 0) is 89.0 Å². The lowest BCUT2D eigenvalue weighted by Gasteiger charge is -2.38. The normalized spacial score (nSPS) is 24.8. The molecular weight excluding hydrogens is 809 g/mol. The van der Waals surface area contributed by atoms with Gasteiger partial charge in [0.15, 0.2) is 11.3 Å². The number of aromatic nitrogens is 5. The highest BCUT2D eigenvalue weighted by Crippen LogP contribution is 2.38. The number of ether oxygens (including phenoxy) is 1. The van der Waals surface area contributed by atoms with Crippen molar-refractivity contribution in [1.29, 1.82) is 0 Å². The molecule has 5 aliphatic rings. The summed E-state index contributed by atoms with van der Waals surface area (Å²) in [5.74, 6) is -0.814. The average molecular weight is 858 g/mol. The Labute approximate surface area is 356 Å². The molecule has 4 amide bonds. The number of hydrogen-bond donors (Lipinski definition) is 3. The van der Waals surface area contributed by atoms with Crippen LogP contribution in [0.2, 0.25) is 0 Å². The zero-order chi connectivity index (χ0) is 42.4. The molecule has 0 spiro atoms. The molecule has 1 aromatic carbocycles. The highest BCUT2D eigenvalue weighted by molar-refractivity contribution is 7.81. The number of carbonyl (C=O) groups is 4. The minimum absolute atomic E-state index is 0.00266. The summed E-state index contributed by atoms with van der Waals surface area (Å²) in [5, 5.41) is 17.6. The molecule has 9 rings (SSSR count). The van der Waals surface area contributed by atoms with Crippen LogP contribution in [0.4, 0.5) is 26.0 Å². The highest BCUT2D eigenvalue weighted by atomic mass is 32.1. The van der Waals surface area contributed by atoms with Crippen LogP contribution in [-0.2, 0) is 14.3 Å². The predicted octanol–water partition coefficient (Wildman–Crippen LogP) is 4.98. The monoisotopic (exact) mass is 857 g/mol. The number of benzene rings is 1. The van der Waals surface area contributed by atoms with Gasteiger partial charge in [-0.3, -0.25) is 34.1 Å². The number of nitrogens with one attached hydrogen (secondary N) is 3. The van der Waals surface area contributed by atoms with Gasteiger partial charge in [-0.15, -0.1) is 0 Å². The molecule has 1 atom stereocenters. The van der Waals surface area contributed by atoms with E-state index in [0.717, 1.165) is 81.7 Å². The number of alkyl halides is 2. The third-order valence-electron chi connectivity index (χ3n) is 13.0. The number of rotatable bonds is 11. The molecule has 61 heavy (non-hydrogen) atoms. The van der Waals surface area contributed by atoms with Crippen LogP contribution in [-0.4, -0.2) is 121 Å². The standard InChI is InChI=1S/C42H49F2N11O5S/c1-51(26-11-7-25(8-12-26)46-30-4-2-3-28-35(30)42(59)55(41(28)58)32-13-14-34(56)49-39(32)57)22-24-5-9-27(10-6-24)54-23-31(36(50-54)37(43)44)47-40(61)29-21-45-53-16-15-33(48-38(29)53)52-17-19-60-20-18-52/h2-4,15-16,21,23-27,32,37,46H,5-14,17-20,22H2,1H3,(H,47,61)(H,49,56,57). The van der Waals surface area contributed by atoms with Gasteiger partial charge in [0.1, 0.15) is 16.8 Å². The zero-order valence-corrected chi connectivity index (χ0v) is 34.7. The number of fused-ring (bicyclic) bond motifs is 2. The summed E-state index contributed by atoms with van der Waals surface area (Å²) < 4.78 is 37.5. The number of imide groups is 2. The van der Waals surface area contributed by atoms with Crippen molar-refractivity contribution >= 4 is 63.7 Å². The van der Waals surface area contributed by atoms with Gasteiger partial charge in [-0.2, -0.15) is 10.2 Å². The molecule has 2 saturated heterocycles. The molecule has 4 fully saturated rings. The van der Waals surface area contributed by atoms with Gasteiger partial charge in [-0.1, -0.05) is 18.3 Å². The smallest absolute Gasteiger partial charge is 0.284 e. The molecule has 1 unspecified atom stereocenters. The second kappa shape index (κ2) is 17.2. The van der Waals surface area contributed by atoms with Crippen molar-refractivity contribution in [3.63, 3.8) is 0 Å². The molecule has 16 nitrogen and oxygen atoms in total. The molecule has 2 aliphatic carbocycles. The number of nitrogens with zero attached hydrogens (tertiary/aromatic N) is 8. The van der Waals surface area contributed by atoms with Crippen LogP contribution < -0.4 is 20.9 Å². The summed E-state index contributed by atoms with van der Waals surface area (Å²) in [7, 11) is 2.18. The summed E-state index contributed by atoms with van der Waals surface area (Å²) in [6.45, 7) is 3.62. The molecule has 2 saturated carbocycles.